The van der Waals surface area contributed by atoms with Gasteiger partial charge in [0.2, 0.25) is 5.91 Å². The third-order valence-corrected chi connectivity index (χ3v) is 5.40. The van der Waals surface area contributed by atoms with Gasteiger partial charge in [0.05, 0.1) is 35.9 Å². The van der Waals surface area contributed by atoms with Crippen molar-refractivity contribution in [2.75, 3.05) is 32.1 Å². The first-order valence-electron chi connectivity index (χ1n) is 9.30. The first kappa shape index (κ1) is 19.5. The molecule has 1 aliphatic rings. The number of ether oxygens (including phenoxy) is 2. The number of H-pyrrole nitrogens is 1. The number of carbonyl (C=O) groups excluding carboxylic acids is 2. The van der Waals surface area contributed by atoms with E-state index in [0.29, 0.717) is 50.1 Å². The second-order valence-corrected chi connectivity index (χ2v) is 7.31. The predicted octanol–water partition coefficient (Wildman–Crippen LogP) is 2.86. The fourth-order valence-corrected chi connectivity index (χ4v) is 3.92. The lowest BCUT2D eigenvalue weighted by Gasteiger charge is -2.30. The smallest absolute Gasteiger partial charge is 0.309 e. The lowest BCUT2D eigenvalue weighted by molar-refractivity contribution is -0.151. The summed E-state index contributed by atoms with van der Waals surface area (Å²) in [5, 5.41) is 0.716. The van der Waals surface area contributed by atoms with E-state index in [1.807, 2.05) is 36.9 Å². The number of thioether (sulfide) groups is 1. The molecule has 1 aliphatic heterocycles. The number of piperidine rings is 1. The lowest BCUT2D eigenvalue weighted by atomic mass is 9.97. The number of amides is 1. The van der Waals surface area contributed by atoms with Crippen molar-refractivity contribution in [1.82, 2.24) is 14.9 Å². The number of benzene rings is 1. The number of carbonyl (C=O) groups is 2. The highest BCUT2D eigenvalue weighted by Crippen LogP contribution is 2.24. The lowest BCUT2D eigenvalue weighted by Crippen LogP contribution is -2.41. The Morgan fingerprint density at radius 1 is 1.26 bits per heavy atom. The number of aromatic amines is 1. The van der Waals surface area contributed by atoms with Crippen LogP contribution in [0.1, 0.15) is 26.7 Å². The second kappa shape index (κ2) is 9.12. The van der Waals surface area contributed by atoms with Gasteiger partial charge in [-0.15, -0.1) is 0 Å². The SMILES string of the molecule is CCOC(=O)C1CCN(C(=O)CSc2nc3ccc(OCC)cc3[nH]2)CC1. The molecule has 2 aromatic rings. The number of fused-ring (bicyclic) bond motifs is 1. The van der Waals surface area contributed by atoms with E-state index in [9.17, 15) is 9.59 Å². The second-order valence-electron chi connectivity index (χ2n) is 6.35. The van der Waals surface area contributed by atoms with Gasteiger partial charge in [-0.3, -0.25) is 9.59 Å². The molecular formula is C19H25N3O4S. The molecule has 1 N–H and O–H groups in total. The van der Waals surface area contributed by atoms with Crippen LogP contribution in [0.3, 0.4) is 0 Å². The van der Waals surface area contributed by atoms with Gasteiger partial charge >= 0.3 is 5.97 Å². The minimum atomic E-state index is -0.146. The minimum absolute atomic E-state index is 0.0674. The number of likely N-dealkylation sites (tertiary alicyclic amines) is 1. The van der Waals surface area contributed by atoms with Gasteiger partial charge in [-0.1, -0.05) is 11.8 Å². The van der Waals surface area contributed by atoms with Crippen LogP contribution < -0.4 is 4.74 Å². The third-order valence-electron chi connectivity index (χ3n) is 4.54. The van der Waals surface area contributed by atoms with Crippen LogP contribution in [0.2, 0.25) is 0 Å². The van der Waals surface area contributed by atoms with E-state index in [4.69, 9.17) is 9.47 Å². The molecule has 7 nitrogen and oxygen atoms in total. The Hall–Kier alpha value is -2.22. The maximum atomic E-state index is 12.5. The summed E-state index contributed by atoms with van der Waals surface area (Å²) in [4.78, 5) is 33.8. The molecular weight excluding hydrogens is 366 g/mol. The third kappa shape index (κ3) is 4.94. The van der Waals surface area contributed by atoms with E-state index >= 15 is 0 Å². The zero-order valence-electron chi connectivity index (χ0n) is 15.7. The summed E-state index contributed by atoms with van der Waals surface area (Å²) >= 11 is 1.39. The van der Waals surface area contributed by atoms with Crippen molar-refractivity contribution in [2.45, 2.75) is 31.8 Å². The number of hydrogen-bond donors (Lipinski definition) is 1. The average Bonchev–Trinajstić information content (AvgIpc) is 3.09. The number of esters is 1. The molecule has 0 radical (unpaired) electrons. The molecule has 0 saturated carbocycles. The number of nitrogens with one attached hydrogen (secondary N) is 1. The van der Waals surface area contributed by atoms with E-state index in [2.05, 4.69) is 9.97 Å². The monoisotopic (exact) mass is 391 g/mol. The Morgan fingerprint density at radius 2 is 2.04 bits per heavy atom. The Labute approximate surface area is 162 Å². The summed E-state index contributed by atoms with van der Waals surface area (Å²) in [5.41, 5.74) is 1.75. The van der Waals surface area contributed by atoms with Crippen LogP contribution in [-0.2, 0) is 14.3 Å². The molecule has 0 aliphatic carbocycles. The first-order chi connectivity index (χ1) is 13.1. The predicted molar refractivity (Wildman–Crippen MR) is 104 cm³/mol. The van der Waals surface area contributed by atoms with E-state index in [0.717, 1.165) is 16.8 Å². The standard InChI is InChI=1S/C19H25N3O4S/c1-3-25-14-5-6-15-16(11-14)21-19(20-15)27-12-17(23)22-9-7-13(8-10-22)18(24)26-4-2/h5-6,11,13H,3-4,7-10,12H2,1-2H3,(H,20,21). The van der Waals surface area contributed by atoms with Crippen LogP contribution in [0, 0.1) is 5.92 Å². The molecule has 0 unspecified atom stereocenters. The van der Waals surface area contributed by atoms with Gasteiger partial charge in [0, 0.05) is 19.2 Å². The quantitative estimate of drug-likeness (QED) is 0.577. The molecule has 1 aromatic carbocycles. The molecule has 3 rings (SSSR count). The number of imidazole rings is 1. The summed E-state index contributed by atoms with van der Waals surface area (Å²) in [6.45, 7) is 5.96. The average molecular weight is 391 g/mol. The van der Waals surface area contributed by atoms with Gasteiger partial charge in [-0.05, 0) is 38.8 Å². The first-order valence-corrected chi connectivity index (χ1v) is 10.3. The molecule has 1 aromatic heterocycles. The number of hydrogen-bond acceptors (Lipinski definition) is 6. The van der Waals surface area contributed by atoms with Gasteiger partial charge in [-0.2, -0.15) is 0 Å². The highest BCUT2D eigenvalue weighted by Gasteiger charge is 2.28. The van der Waals surface area contributed by atoms with Crippen molar-refractivity contribution in [3.63, 3.8) is 0 Å². The molecule has 1 fully saturated rings. The van der Waals surface area contributed by atoms with Crippen LogP contribution in [0.5, 0.6) is 5.75 Å². The Balaban J connectivity index is 1.51. The fourth-order valence-electron chi connectivity index (χ4n) is 3.14. The molecule has 27 heavy (non-hydrogen) atoms. The topological polar surface area (TPSA) is 84.5 Å². The Kier molecular flexibility index (Phi) is 6.60. The van der Waals surface area contributed by atoms with Gasteiger partial charge in [0.15, 0.2) is 5.16 Å². The number of aromatic nitrogens is 2. The van der Waals surface area contributed by atoms with Crippen LogP contribution >= 0.6 is 11.8 Å². The maximum Gasteiger partial charge on any atom is 0.309 e. The summed E-state index contributed by atoms with van der Waals surface area (Å²) in [5.74, 6) is 0.954. The zero-order chi connectivity index (χ0) is 19.2. The summed E-state index contributed by atoms with van der Waals surface area (Å²) in [6, 6.07) is 5.71. The van der Waals surface area contributed by atoms with Crippen molar-refractivity contribution in [3.8, 4) is 5.75 Å². The van der Waals surface area contributed by atoms with Gasteiger partial charge < -0.3 is 19.4 Å². The van der Waals surface area contributed by atoms with E-state index < -0.39 is 0 Å². The molecule has 1 saturated heterocycles. The van der Waals surface area contributed by atoms with Crippen molar-refractivity contribution >= 4 is 34.7 Å². The normalized spacial score (nSPS) is 15.1. The minimum Gasteiger partial charge on any atom is -0.494 e. The summed E-state index contributed by atoms with van der Waals surface area (Å²) < 4.78 is 10.6. The number of nitrogens with zero attached hydrogens (tertiary/aromatic N) is 2. The van der Waals surface area contributed by atoms with Crippen molar-refractivity contribution in [3.05, 3.63) is 18.2 Å². The van der Waals surface area contributed by atoms with Crippen LogP contribution in [-0.4, -0.2) is 58.8 Å². The molecule has 8 heteroatoms. The van der Waals surface area contributed by atoms with E-state index in [1.165, 1.54) is 11.8 Å². The van der Waals surface area contributed by atoms with Gasteiger partial charge in [0.1, 0.15) is 5.75 Å². The Morgan fingerprint density at radius 3 is 2.74 bits per heavy atom. The highest BCUT2D eigenvalue weighted by molar-refractivity contribution is 7.99. The highest BCUT2D eigenvalue weighted by atomic mass is 32.2. The molecule has 1 amide bonds. The Bertz CT molecular complexity index is 799. The van der Waals surface area contributed by atoms with Gasteiger partial charge in [-0.25, -0.2) is 4.98 Å². The van der Waals surface area contributed by atoms with Gasteiger partial charge in [0.25, 0.3) is 0 Å². The number of rotatable bonds is 7. The molecule has 146 valence electrons. The van der Waals surface area contributed by atoms with Crippen molar-refractivity contribution in [2.24, 2.45) is 5.92 Å². The summed E-state index contributed by atoms with van der Waals surface area (Å²) in [7, 11) is 0. The molecule has 0 bridgehead atoms. The van der Waals surface area contributed by atoms with E-state index in [1.54, 1.807) is 0 Å². The largest absolute Gasteiger partial charge is 0.494 e. The fraction of sp³-hybridized carbons (Fsp3) is 0.526. The van der Waals surface area contributed by atoms with Crippen LogP contribution in [0.25, 0.3) is 11.0 Å². The van der Waals surface area contributed by atoms with E-state index in [-0.39, 0.29) is 17.8 Å². The molecule has 2 heterocycles. The zero-order valence-corrected chi connectivity index (χ0v) is 16.5. The molecule has 0 spiro atoms. The molecule has 0 atom stereocenters. The van der Waals surface area contributed by atoms with Crippen LogP contribution in [0.15, 0.2) is 23.4 Å². The van der Waals surface area contributed by atoms with Crippen molar-refractivity contribution < 1.29 is 19.1 Å². The maximum absolute atomic E-state index is 12.5. The summed E-state index contributed by atoms with van der Waals surface area (Å²) in [6.07, 6.45) is 1.33. The van der Waals surface area contributed by atoms with Crippen molar-refractivity contribution in [1.29, 1.82) is 0 Å². The van der Waals surface area contributed by atoms with Crippen LogP contribution in [0.4, 0.5) is 0 Å².